The van der Waals surface area contributed by atoms with E-state index in [9.17, 15) is 4.79 Å². The zero-order chi connectivity index (χ0) is 14.4. The number of rotatable bonds is 3. The van der Waals surface area contributed by atoms with Crippen molar-refractivity contribution in [2.45, 2.75) is 6.54 Å². The van der Waals surface area contributed by atoms with Gasteiger partial charge in [-0.2, -0.15) is 0 Å². The molecule has 102 valence electrons. The van der Waals surface area contributed by atoms with Crippen LogP contribution in [0.2, 0.25) is 0 Å². The van der Waals surface area contributed by atoms with Gasteiger partial charge < -0.3 is 10.6 Å². The molecule has 0 aliphatic heterocycles. The molecule has 1 heterocycles. The molecule has 2 N–H and O–H groups in total. The lowest BCUT2D eigenvalue weighted by Gasteiger charge is -2.16. The van der Waals surface area contributed by atoms with E-state index < -0.39 is 0 Å². The number of carbonyl (C=O) groups excluding carboxylic acids is 1. The molecule has 1 aromatic heterocycles. The Hall–Kier alpha value is -2.09. The van der Waals surface area contributed by atoms with Crippen molar-refractivity contribution in [2.24, 2.45) is 5.73 Å². The highest BCUT2D eigenvalue weighted by Crippen LogP contribution is 2.13. The largest absolute Gasteiger partial charge is 0.337 e. The summed E-state index contributed by atoms with van der Waals surface area (Å²) < 4.78 is 0. The fourth-order valence-electron chi connectivity index (χ4n) is 1.78. The molecule has 2 rings (SSSR count). The molecule has 0 spiro atoms. The normalized spacial score (nSPS) is 9.70. The van der Waals surface area contributed by atoms with Crippen molar-refractivity contribution in [2.75, 3.05) is 13.6 Å². The van der Waals surface area contributed by atoms with Gasteiger partial charge >= 0.3 is 0 Å². The Morgan fingerprint density at radius 1 is 1.30 bits per heavy atom. The monoisotopic (exact) mass is 284 g/mol. The molecular weight excluding hydrogens is 268 g/mol. The van der Waals surface area contributed by atoms with Gasteiger partial charge in [-0.15, -0.1) is 11.3 Å². The molecule has 0 aliphatic rings. The molecule has 1 amide bonds. The highest BCUT2D eigenvalue weighted by molar-refractivity contribution is 7.12. The van der Waals surface area contributed by atoms with E-state index >= 15 is 0 Å². The van der Waals surface area contributed by atoms with Crippen molar-refractivity contribution in [3.63, 3.8) is 0 Å². The molecule has 0 fully saturated rings. The lowest BCUT2D eigenvalue weighted by Crippen LogP contribution is -2.25. The Labute approximate surface area is 123 Å². The van der Waals surface area contributed by atoms with Gasteiger partial charge in [-0.1, -0.05) is 30.0 Å². The number of thiophene rings is 1. The van der Waals surface area contributed by atoms with Gasteiger partial charge in [-0.05, 0) is 29.1 Å². The first-order valence-electron chi connectivity index (χ1n) is 6.27. The number of nitrogens with zero attached hydrogens (tertiary/aromatic N) is 1. The standard InChI is InChI=1S/C16H16N2OS/c1-18(16(19)15-5-3-11-20-15)12-14-8-6-13(7-9-14)4-2-10-17/h3,5-9,11H,10,12,17H2,1H3. The van der Waals surface area contributed by atoms with Gasteiger partial charge in [0.2, 0.25) is 0 Å². The first kappa shape index (κ1) is 14.3. The van der Waals surface area contributed by atoms with Gasteiger partial charge in [0, 0.05) is 19.2 Å². The smallest absolute Gasteiger partial charge is 0.263 e. The van der Waals surface area contributed by atoms with E-state index in [0.29, 0.717) is 13.1 Å². The van der Waals surface area contributed by atoms with Gasteiger partial charge in [0.25, 0.3) is 5.91 Å². The third kappa shape index (κ3) is 3.70. The fraction of sp³-hybridized carbons (Fsp3) is 0.188. The van der Waals surface area contributed by atoms with E-state index in [-0.39, 0.29) is 5.91 Å². The van der Waals surface area contributed by atoms with Crippen LogP contribution in [-0.2, 0) is 6.54 Å². The predicted octanol–water partition coefficient (Wildman–Crippen LogP) is 2.33. The second-order valence-corrected chi connectivity index (χ2v) is 5.29. The molecule has 3 nitrogen and oxygen atoms in total. The molecule has 1 aromatic carbocycles. The first-order valence-corrected chi connectivity index (χ1v) is 7.15. The maximum absolute atomic E-state index is 12.1. The van der Waals surface area contributed by atoms with Crippen LogP contribution in [0, 0.1) is 11.8 Å². The predicted molar refractivity (Wildman–Crippen MR) is 82.5 cm³/mol. The topological polar surface area (TPSA) is 46.3 Å². The van der Waals surface area contributed by atoms with Crippen LogP contribution in [0.5, 0.6) is 0 Å². The third-order valence-corrected chi connectivity index (χ3v) is 3.64. The van der Waals surface area contributed by atoms with E-state index in [0.717, 1.165) is 16.0 Å². The summed E-state index contributed by atoms with van der Waals surface area (Å²) >= 11 is 1.46. The summed E-state index contributed by atoms with van der Waals surface area (Å²) in [7, 11) is 1.81. The van der Waals surface area contributed by atoms with Crippen LogP contribution in [-0.4, -0.2) is 24.4 Å². The summed E-state index contributed by atoms with van der Waals surface area (Å²) in [4.78, 5) is 14.6. The summed E-state index contributed by atoms with van der Waals surface area (Å²) in [5.41, 5.74) is 7.35. The van der Waals surface area contributed by atoms with Crippen molar-refractivity contribution in [3.05, 3.63) is 57.8 Å². The number of amides is 1. The number of carbonyl (C=O) groups is 1. The van der Waals surface area contributed by atoms with E-state index in [1.165, 1.54) is 11.3 Å². The Morgan fingerprint density at radius 2 is 2.05 bits per heavy atom. The van der Waals surface area contributed by atoms with Gasteiger partial charge in [0.1, 0.15) is 0 Å². The minimum absolute atomic E-state index is 0.0481. The van der Waals surface area contributed by atoms with Gasteiger partial charge in [0.05, 0.1) is 11.4 Å². The number of nitrogens with two attached hydrogens (primary N) is 1. The van der Waals surface area contributed by atoms with Crippen molar-refractivity contribution < 1.29 is 4.79 Å². The lowest BCUT2D eigenvalue weighted by molar-refractivity contribution is 0.0790. The van der Waals surface area contributed by atoms with Crippen molar-refractivity contribution in [1.82, 2.24) is 4.90 Å². The summed E-state index contributed by atoms with van der Waals surface area (Å²) in [6.07, 6.45) is 0. The van der Waals surface area contributed by atoms with E-state index in [2.05, 4.69) is 11.8 Å². The van der Waals surface area contributed by atoms with E-state index in [4.69, 9.17) is 5.73 Å². The van der Waals surface area contributed by atoms with Gasteiger partial charge in [0.15, 0.2) is 0 Å². The Balaban J connectivity index is 2.01. The molecule has 0 atom stereocenters. The highest BCUT2D eigenvalue weighted by atomic mass is 32.1. The van der Waals surface area contributed by atoms with E-state index in [1.54, 1.807) is 4.90 Å². The summed E-state index contributed by atoms with van der Waals surface area (Å²) in [5.74, 6) is 5.84. The fourth-order valence-corrected chi connectivity index (χ4v) is 2.50. The number of hydrogen-bond acceptors (Lipinski definition) is 3. The van der Waals surface area contributed by atoms with Crippen LogP contribution in [0.25, 0.3) is 0 Å². The highest BCUT2D eigenvalue weighted by Gasteiger charge is 2.12. The van der Waals surface area contributed by atoms with Crippen LogP contribution in [0.3, 0.4) is 0 Å². The SMILES string of the molecule is CN(Cc1ccc(C#CCN)cc1)C(=O)c1cccs1. The second-order valence-electron chi connectivity index (χ2n) is 4.34. The zero-order valence-electron chi connectivity index (χ0n) is 11.3. The van der Waals surface area contributed by atoms with Gasteiger partial charge in [-0.25, -0.2) is 0 Å². The summed E-state index contributed by atoms with van der Waals surface area (Å²) in [5, 5.41) is 1.91. The van der Waals surface area contributed by atoms with E-state index in [1.807, 2.05) is 48.8 Å². The molecule has 0 unspecified atom stereocenters. The minimum atomic E-state index is 0.0481. The van der Waals surface area contributed by atoms with Crippen LogP contribution in [0.1, 0.15) is 20.8 Å². The quantitative estimate of drug-likeness (QED) is 0.879. The van der Waals surface area contributed by atoms with Crippen LogP contribution in [0.15, 0.2) is 41.8 Å². The van der Waals surface area contributed by atoms with Crippen LogP contribution in [0.4, 0.5) is 0 Å². The Morgan fingerprint density at radius 3 is 2.65 bits per heavy atom. The van der Waals surface area contributed by atoms with Crippen LogP contribution < -0.4 is 5.73 Å². The molecule has 2 aromatic rings. The Bertz CT molecular complexity index is 621. The molecule has 0 aliphatic carbocycles. The Kier molecular flexibility index (Phi) is 4.94. The van der Waals surface area contributed by atoms with Gasteiger partial charge in [-0.3, -0.25) is 4.79 Å². The molecule has 0 bridgehead atoms. The molecule has 0 saturated carbocycles. The zero-order valence-corrected chi connectivity index (χ0v) is 12.1. The average Bonchev–Trinajstić information content (AvgIpc) is 3.00. The second kappa shape index (κ2) is 6.90. The first-order chi connectivity index (χ1) is 9.70. The average molecular weight is 284 g/mol. The summed E-state index contributed by atoms with van der Waals surface area (Å²) in [6.45, 7) is 0.946. The molecule has 20 heavy (non-hydrogen) atoms. The number of benzene rings is 1. The molecule has 4 heteroatoms. The molecule has 0 radical (unpaired) electrons. The number of hydrogen-bond donors (Lipinski definition) is 1. The van der Waals surface area contributed by atoms with Crippen molar-refractivity contribution in [3.8, 4) is 11.8 Å². The van der Waals surface area contributed by atoms with Crippen molar-refractivity contribution in [1.29, 1.82) is 0 Å². The summed E-state index contributed by atoms with van der Waals surface area (Å²) in [6, 6.07) is 11.6. The minimum Gasteiger partial charge on any atom is -0.337 e. The molecular formula is C16H16N2OS. The van der Waals surface area contributed by atoms with Crippen molar-refractivity contribution >= 4 is 17.2 Å². The van der Waals surface area contributed by atoms with Crippen LogP contribution >= 0.6 is 11.3 Å². The third-order valence-electron chi connectivity index (χ3n) is 2.79. The maximum atomic E-state index is 12.1. The molecule has 0 saturated heterocycles. The maximum Gasteiger partial charge on any atom is 0.263 e. The lowest BCUT2D eigenvalue weighted by atomic mass is 10.1.